The highest BCUT2D eigenvalue weighted by molar-refractivity contribution is 9.11. The molecule has 0 saturated carbocycles. The first-order valence-electron chi connectivity index (χ1n) is 35.8. The summed E-state index contributed by atoms with van der Waals surface area (Å²) in [6, 6.07) is 104. The summed E-state index contributed by atoms with van der Waals surface area (Å²) < 4.78 is 34.5. The quantitative estimate of drug-likeness (QED) is 0.137. The third-order valence-corrected chi connectivity index (χ3v) is 21.6. The fourth-order valence-electron chi connectivity index (χ4n) is 15.1. The topological polar surface area (TPSA) is 84.2 Å². The monoisotopic (exact) mass is 1490 g/mol. The lowest BCUT2D eigenvalue weighted by molar-refractivity contribution is 0.667. The molecular formula is C95H71Br2N3O5. The molecule has 0 aliphatic carbocycles. The van der Waals surface area contributed by atoms with Gasteiger partial charge >= 0.3 is 0 Å². The number of nitrogens with zero attached hydrogens (tertiary/aromatic N) is 2. The van der Waals surface area contributed by atoms with Gasteiger partial charge in [-0.2, -0.15) is 0 Å². The second-order valence-corrected chi connectivity index (χ2v) is 29.7. The third kappa shape index (κ3) is 11.7. The van der Waals surface area contributed by atoms with Crippen molar-refractivity contribution in [2.45, 2.75) is 59.3 Å². The molecule has 1 N–H and O–H groups in total. The van der Waals surface area contributed by atoms with Crippen molar-refractivity contribution in [3.8, 4) is 0 Å². The number of benzene rings is 15. The smallest absolute Gasteiger partial charge is 0.159 e. The molecule has 10 heteroatoms. The molecule has 0 radical (unpaired) electrons. The van der Waals surface area contributed by atoms with Crippen molar-refractivity contribution >= 4 is 209 Å². The van der Waals surface area contributed by atoms with Crippen LogP contribution in [0.3, 0.4) is 0 Å². The number of rotatable bonds is 11. The molecule has 5 aromatic heterocycles. The van der Waals surface area contributed by atoms with Crippen molar-refractivity contribution < 1.29 is 22.1 Å². The van der Waals surface area contributed by atoms with E-state index in [-0.39, 0.29) is 0 Å². The van der Waals surface area contributed by atoms with Gasteiger partial charge in [-0.15, -0.1) is 0 Å². The molecule has 510 valence electrons. The summed E-state index contributed by atoms with van der Waals surface area (Å²) in [5.74, 6) is 1.37. The van der Waals surface area contributed by atoms with Crippen LogP contribution in [0, 0.1) is 0 Å². The van der Waals surface area contributed by atoms with E-state index in [0.29, 0.717) is 17.8 Å². The van der Waals surface area contributed by atoms with Crippen LogP contribution in [0.4, 0.5) is 45.5 Å². The molecule has 0 unspecified atom stereocenters. The molecule has 0 aliphatic heterocycles. The molecule has 20 aromatic rings. The highest BCUT2D eigenvalue weighted by atomic mass is 79.9. The van der Waals surface area contributed by atoms with Crippen molar-refractivity contribution in [1.82, 2.24) is 0 Å². The van der Waals surface area contributed by atoms with E-state index in [1.807, 2.05) is 60.7 Å². The van der Waals surface area contributed by atoms with Crippen molar-refractivity contribution in [1.29, 1.82) is 0 Å². The highest BCUT2D eigenvalue weighted by Gasteiger charge is 2.26. The lowest BCUT2D eigenvalue weighted by atomic mass is 9.99. The lowest BCUT2D eigenvalue weighted by Crippen LogP contribution is -2.11. The standard InChI is InChI=1S/C58H44N2O3.C21H19NO.C16H8Br2O/c1-35(2)37-23-27-39(28-24-37)59(49-19-11-17-46-43-14-7-9-21-52(43)62-57(46)49)41-31-32-48-54(33-41)61-55-34-51(42-13-5-6-16-45(42)56(48)55)60(40-29-25-38(26-30-40)36(3)4)50-20-12-18-47-44-15-8-10-22-53(44)63-58(47)50;1-14(2)15-10-12-16(13-11-15)22-19-8-5-7-18-17-6-3-4-9-20(17)23-21(18)19;17-9-5-6-12-14(7-9)19-15-8-13(18)10-3-1-2-4-11(10)16(12)15/h5-36H,1-4H3;3-14,22H,1-2H3;1-8H. The van der Waals surface area contributed by atoms with E-state index in [2.05, 4.69) is 325 Å². The Balaban J connectivity index is 0.000000150. The largest absolute Gasteiger partial charge is 0.456 e. The maximum Gasteiger partial charge on any atom is 0.159 e. The minimum Gasteiger partial charge on any atom is -0.456 e. The number of halogens is 2. The molecule has 0 amide bonds. The molecule has 0 atom stereocenters. The molecule has 5 heterocycles. The fraction of sp³-hybridized carbons (Fsp3) is 0.0947. The number of hydrogen-bond donors (Lipinski definition) is 1. The van der Waals surface area contributed by atoms with E-state index in [9.17, 15) is 0 Å². The van der Waals surface area contributed by atoms with E-state index in [1.54, 1.807) is 0 Å². The van der Waals surface area contributed by atoms with Gasteiger partial charge in [0, 0.05) is 97.4 Å². The predicted octanol–water partition coefficient (Wildman–Crippen LogP) is 30.4. The number of nitrogens with one attached hydrogen (secondary N) is 1. The van der Waals surface area contributed by atoms with Crippen molar-refractivity contribution in [3.05, 3.63) is 323 Å². The van der Waals surface area contributed by atoms with Gasteiger partial charge in [-0.05, 0) is 160 Å². The zero-order chi connectivity index (χ0) is 71.1. The summed E-state index contributed by atoms with van der Waals surface area (Å²) in [5, 5.41) is 19.3. The molecule has 0 saturated heterocycles. The van der Waals surface area contributed by atoms with Gasteiger partial charge in [-0.25, -0.2) is 0 Å². The van der Waals surface area contributed by atoms with Gasteiger partial charge in [0.05, 0.1) is 28.4 Å². The van der Waals surface area contributed by atoms with Crippen LogP contribution in [0.5, 0.6) is 0 Å². The molecule has 0 bridgehead atoms. The van der Waals surface area contributed by atoms with Crippen LogP contribution < -0.4 is 15.1 Å². The molecular weight excluding hydrogens is 1420 g/mol. The van der Waals surface area contributed by atoms with Gasteiger partial charge in [-0.1, -0.05) is 249 Å². The predicted molar refractivity (Wildman–Crippen MR) is 447 cm³/mol. The first kappa shape index (κ1) is 65.2. The zero-order valence-corrected chi connectivity index (χ0v) is 61.9. The molecule has 20 rings (SSSR count). The maximum absolute atomic E-state index is 7.06. The number of anilines is 8. The Hall–Kier alpha value is -11.8. The van der Waals surface area contributed by atoms with E-state index in [0.717, 1.165) is 170 Å². The first-order valence-corrected chi connectivity index (χ1v) is 37.4. The van der Waals surface area contributed by atoms with Crippen LogP contribution in [0.25, 0.3) is 131 Å². The molecule has 15 aromatic carbocycles. The summed E-state index contributed by atoms with van der Waals surface area (Å²) in [5.41, 5.74) is 20.6. The number of furan rings is 5. The minimum atomic E-state index is 0.408. The lowest BCUT2D eigenvalue weighted by Gasteiger charge is -2.27. The van der Waals surface area contributed by atoms with Crippen LogP contribution >= 0.6 is 31.9 Å². The van der Waals surface area contributed by atoms with Gasteiger partial charge in [0.25, 0.3) is 0 Å². The molecule has 8 nitrogen and oxygen atoms in total. The van der Waals surface area contributed by atoms with Gasteiger partial charge in [0.15, 0.2) is 16.7 Å². The average Bonchev–Trinajstić information content (AvgIpc) is 1.64. The van der Waals surface area contributed by atoms with Gasteiger partial charge < -0.3 is 37.2 Å². The summed E-state index contributed by atoms with van der Waals surface area (Å²) in [4.78, 5) is 4.63. The van der Waals surface area contributed by atoms with E-state index < -0.39 is 0 Å². The normalized spacial score (nSPS) is 11.9. The number of fused-ring (bicyclic) bond motifs is 19. The summed E-state index contributed by atoms with van der Waals surface area (Å²) in [6.07, 6.45) is 0. The Morgan fingerprint density at radius 2 is 0.667 bits per heavy atom. The van der Waals surface area contributed by atoms with Crippen molar-refractivity contribution in [3.63, 3.8) is 0 Å². The van der Waals surface area contributed by atoms with E-state index in [1.165, 1.54) is 32.8 Å². The zero-order valence-electron chi connectivity index (χ0n) is 58.7. The van der Waals surface area contributed by atoms with Gasteiger partial charge in [0.1, 0.15) is 39.1 Å². The van der Waals surface area contributed by atoms with Crippen LogP contribution in [-0.2, 0) is 0 Å². The van der Waals surface area contributed by atoms with Crippen LogP contribution in [0.1, 0.15) is 76.0 Å². The summed E-state index contributed by atoms with van der Waals surface area (Å²) in [7, 11) is 0. The second-order valence-electron chi connectivity index (χ2n) is 28.0. The Kier molecular flexibility index (Phi) is 16.6. The Labute approximate surface area is 623 Å². The molecule has 0 fully saturated rings. The van der Waals surface area contributed by atoms with E-state index in [4.69, 9.17) is 22.1 Å². The number of hydrogen-bond acceptors (Lipinski definition) is 8. The fourth-order valence-corrected chi connectivity index (χ4v) is 16.0. The van der Waals surface area contributed by atoms with Gasteiger partial charge in [-0.3, -0.25) is 0 Å². The van der Waals surface area contributed by atoms with Gasteiger partial charge in [0.2, 0.25) is 0 Å². The van der Waals surface area contributed by atoms with Crippen molar-refractivity contribution in [2.24, 2.45) is 0 Å². The van der Waals surface area contributed by atoms with E-state index >= 15 is 0 Å². The van der Waals surface area contributed by atoms with Crippen molar-refractivity contribution in [2.75, 3.05) is 15.1 Å². The first-order chi connectivity index (χ1) is 51.3. The average molecular weight is 1490 g/mol. The van der Waals surface area contributed by atoms with Crippen LogP contribution in [0.2, 0.25) is 0 Å². The highest BCUT2D eigenvalue weighted by Crippen LogP contribution is 2.50. The third-order valence-electron chi connectivity index (χ3n) is 20.5. The Morgan fingerprint density at radius 3 is 1.21 bits per heavy atom. The summed E-state index contributed by atoms with van der Waals surface area (Å²) in [6.45, 7) is 13.3. The van der Waals surface area contributed by atoms with Crippen LogP contribution in [0.15, 0.2) is 328 Å². The SMILES string of the molecule is Brc1ccc2c(c1)oc1cc(Br)c3ccccc3c12.CC(C)c1ccc(N(c2ccc3c(c2)oc2cc(N(c4ccc(C(C)C)cc4)c4cccc5c4oc4ccccc45)c4ccccc4c23)c2cccc3c2oc2ccccc23)cc1.CC(C)c1ccc(Nc2cccc3c2oc2ccccc23)cc1. The number of para-hydroxylation sites is 6. The Bertz CT molecular complexity index is 6710. The second kappa shape index (κ2) is 26.8. The summed E-state index contributed by atoms with van der Waals surface area (Å²) >= 11 is 7.11. The molecule has 105 heavy (non-hydrogen) atoms. The Morgan fingerprint density at radius 1 is 0.267 bits per heavy atom. The molecule has 0 aliphatic rings. The molecule has 0 spiro atoms. The minimum absolute atomic E-state index is 0.408. The van der Waals surface area contributed by atoms with Crippen LogP contribution in [-0.4, -0.2) is 0 Å². The maximum atomic E-state index is 7.06.